The first-order chi connectivity index (χ1) is 8.72. The fraction of sp³-hybridized carbons (Fsp3) is 0.357. The van der Waals surface area contributed by atoms with Gasteiger partial charge < -0.3 is 5.32 Å². The van der Waals surface area contributed by atoms with E-state index in [9.17, 15) is 4.39 Å². The molecule has 1 N–H and O–H groups in total. The Morgan fingerprint density at radius 2 is 2.22 bits per heavy atom. The van der Waals surface area contributed by atoms with E-state index in [1.807, 2.05) is 18.3 Å². The minimum Gasteiger partial charge on any atom is -0.308 e. The molecular weight excluding hydrogens is 229 g/mol. The van der Waals surface area contributed by atoms with Crippen LogP contribution in [0.15, 0.2) is 30.5 Å². The SMILES string of the molecule is Cc1ccc(-n2ccc(CNC3CC3)n2)cc1F. The lowest BCUT2D eigenvalue weighted by Gasteiger charge is -2.03. The Morgan fingerprint density at radius 3 is 2.94 bits per heavy atom. The van der Waals surface area contributed by atoms with Gasteiger partial charge in [0.2, 0.25) is 0 Å². The molecule has 1 heterocycles. The molecule has 4 heteroatoms. The Kier molecular flexibility index (Phi) is 2.88. The standard InChI is InChI=1S/C14H16FN3/c1-10-2-5-13(8-14(10)15)18-7-6-12(17-18)9-16-11-3-4-11/h2,5-8,11,16H,3-4,9H2,1H3. The maximum atomic E-state index is 13.5. The summed E-state index contributed by atoms with van der Waals surface area (Å²) in [6, 6.07) is 7.80. The van der Waals surface area contributed by atoms with Gasteiger partial charge in [0.1, 0.15) is 5.82 Å². The van der Waals surface area contributed by atoms with Gasteiger partial charge in [0, 0.05) is 18.8 Å². The summed E-state index contributed by atoms with van der Waals surface area (Å²) in [6.07, 6.45) is 4.40. The Morgan fingerprint density at radius 1 is 1.39 bits per heavy atom. The molecule has 0 bridgehead atoms. The van der Waals surface area contributed by atoms with Gasteiger partial charge in [-0.05, 0) is 43.5 Å². The normalized spacial score (nSPS) is 15.0. The summed E-state index contributed by atoms with van der Waals surface area (Å²) < 4.78 is 15.2. The Balaban J connectivity index is 1.76. The lowest BCUT2D eigenvalue weighted by molar-refractivity contribution is 0.615. The number of aromatic nitrogens is 2. The summed E-state index contributed by atoms with van der Waals surface area (Å²) in [4.78, 5) is 0. The van der Waals surface area contributed by atoms with Crippen molar-refractivity contribution < 1.29 is 4.39 Å². The van der Waals surface area contributed by atoms with Gasteiger partial charge in [0.25, 0.3) is 0 Å². The smallest absolute Gasteiger partial charge is 0.128 e. The summed E-state index contributed by atoms with van der Waals surface area (Å²) in [5, 5.41) is 7.85. The van der Waals surface area contributed by atoms with Crippen LogP contribution in [-0.4, -0.2) is 15.8 Å². The molecule has 2 aromatic rings. The summed E-state index contributed by atoms with van der Waals surface area (Å²) in [5.74, 6) is -0.194. The van der Waals surface area contributed by atoms with Crippen molar-refractivity contribution >= 4 is 0 Å². The summed E-state index contributed by atoms with van der Waals surface area (Å²) >= 11 is 0. The maximum Gasteiger partial charge on any atom is 0.128 e. The zero-order valence-electron chi connectivity index (χ0n) is 10.4. The predicted molar refractivity (Wildman–Crippen MR) is 68.1 cm³/mol. The minimum absolute atomic E-state index is 0.194. The monoisotopic (exact) mass is 245 g/mol. The number of hydrogen-bond acceptors (Lipinski definition) is 2. The lowest BCUT2D eigenvalue weighted by Crippen LogP contribution is -2.15. The van der Waals surface area contributed by atoms with Crippen molar-refractivity contribution in [2.24, 2.45) is 0 Å². The minimum atomic E-state index is -0.194. The quantitative estimate of drug-likeness (QED) is 0.897. The van der Waals surface area contributed by atoms with E-state index in [-0.39, 0.29) is 5.82 Å². The molecule has 94 valence electrons. The molecule has 1 aliphatic rings. The summed E-state index contributed by atoms with van der Waals surface area (Å²) in [5.41, 5.74) is 2.40. The van der Waals surface area contributed by atoms with Crippen molar-refractivity contribution in [3.8, 4) is 5.69 Å². The van der Waals surface area contributed by atoms with Crippen molar-refractivity contribution in [1.29, 1.82) is 0 Å². The molecule has 0 unspecified atom stereocenters. The molecule has 18 heavy (non-hydrogen) atoms. The topological polar surface area (TPSA) is 29.9 Å². The average molecular weight is 245 g/mol. The molecule has 1 aromatic carbocycles. The van der Waals surface area contributed by atoms with Gasteiger partial charge in [-0.15, -0.1) is 0 Å². The molecule has 0 atom stereocenters. The van der Waals surface area contributed by atoms with Crippen molar-refractivity contribution in [1.82, 2.24) is 15.1 Å². The van der Waals surface area contributed by atoms with Crippen LogP contribution in [0.25, 0.3) is 5.69 Å². The van der Waals surface area contributed by atoms with Gasteiger partial charge in [-0.3, -0.25) is 0 Å². The number of nitrogens with one attached hydrogen (secondary N) is 1. The molecule has 0 radical (unpaired) electrons. The van der Waals surface area contributed by atoms with Gasteiger partial charge >= 0.3 is 0 Å². The van der Waals surface area contributed by atoms with Crippen LogP contribution in [0.3, 0.4) is 0 Å². The number of hydrogen-bond donors (Lipinski definition) is 1. The van der Waals surface area contributed by atoms with Crippen molar-refractivity contribution in [2.75, 3.05) is 0 Å². The summed E-state index contributed by atoms with van der Waals surface area (Å²) in [7, 11) is 0. The highest BCUT2D eigenvalue weighted by molar-refractivity contribution is 5.34. The van der Waals surface area contributed by atoms with Crippen LogP contribution in [0.4, 0.5) is 4.39 Å². The van der Waals surface area contributed by atoms with Gasteiger partial charge in [-0.2, -0.15) is 5.10 Å². The second-order valence-electron chi connectivity index (χ2n) is 4.84. The van der Waals surface area contributed by atoms with Gasteiger partial charge in [0.15, 0.2) is 0 Å². The fourth-order valence-corrected chi connectivity index (χ4v) is 1.86. The van der Waals surface area contributed by atoms with Crippen molar-refractivity contribution in [3.63, 3.8) is 0 Å². The third-order valence-corrected chi connectivity index (χ3v) is 3.21. The molecule has 0 saturated heterocycles. The van der Waals surface area contributed by atoms with Gasteiger partial charge in [0.05, 0.1) is 11.4 Å². The number of nitrogens with zero attached hydrogens (tertiary/aromatic N) is 2. The highest BCUT2D eigenvalue weighted by Crippen LogP contribution is 2.19. The van der Waals surface area contributed by atoms with Crippen molar-refractivity contribution in [3.05, 3.63) is 47.5 Å². The Labute approximate surface area is 106 Å². The largest absolute Gasteiger partial charge is 0.308 e. The molecule has 1 fully saturated rings. The zero-order valence-corrected chi connectivity index (χ0v) is 10.4. The number of halogens is 1. The van der Waals surface area contributed by atoms with Crippen LogP contribution in [0.5, 0.6) is 0 Å². The van der Waals surface area contributed by atoms with Crippen LogP contribution in [0.2, 0.25) is 0 Å². The molecule has 1 saturated carbocycles. The van der Waals surface area contributed by atoms with Gasteiger partial charge in [-0.25, -0.2) is 9.07 Å². The number of aryl methyl sites for hydroxylation is 1. The maximum absolute atomic E-state index is 13.5. The van der Waals surface area contributed by atoms with E-state index >= 15 is 0 Å². The second-order valence-corrected chi connectivity index (χ2v) is 4.84. The van der Waals surface area contributed by atoms with E-state index in [4.69, 9.17) is 0 Å². The average Bonchev–Trinajstić information content (AvgIpc) is 3.08. The van der Waals surface area contributed by atoms with E-state index < -0.39 is 0 Å². The predicted octanol–water partition coefficient (Wildman–Crippen LogP) is 2.57. The molecule has 0 amide bonds. The van der Waals surface area contributed by atoms with E-state index in [1.165, 1.54) is 18.9 Å². The zero-order chi connectivity index (χ0) is 12.5. The van der Waals surface area contributed by atoms with E-state index in [1.54, 1.807) is 17.7 Å². The first-order valence-electron chi connectivity index (χ1n) is 6.27. The Hall–Kier alpha value is -1.68. The van der Waals surface area contributed by atoms with Crippen LogP contribution in [0, 0.1) is 12.7 Å². The molecular formula is C14H16FN3. The van der Waals surface area contributed by atoms with Crippen LogP contribution in [-0.2, 0) is 6.54 Å². The molecule has 0 spiro atoms. The van der Waals surface area contributed by atoms with Crippen LogP contribution < -0.4 is 5.32 Å². The highest BCUT2D eigenvalue weighted by Gasteiger charge is 2.20. The molecule has 1 aromatic heterocycles. The lowest BCUT2D eigenvalue weighted by atomic mass is 10.2. The molecule has 1 aliphatic carbocycles. The van der Waals surface area contributed by atoms with Crippen molar-refractivity contribution in [2.45, 2.75) is 32.4 Å². The van der Waals surface area contributed by atoms with Crippen LogP contribution in [0.1, 0.15) is 24.1 Å². The highest BCUT2D eigenvalue weighted by atomic mass is 19.1. The van der Waals surface area contributed by atoms with Crippen LogP contribution >= 0.6 is 0 Å². The van der Waals surface area contributed by atoms with E-state index in [2.05, 4.69) is 10.4 Å². The number of benzene rings is 1. The summed E-state index contributed by atoms with van der Waals surface area (Å²) in [6.45, 7) is 2.54. The molecule has 3 nitrogen and oxygen atoms in total. The molecule has 3 rings (SSSR count). The van der Waals surface area contributed by atoms with E-state index in [0.717, 1.165) is 17.9 Å². The van der Waals surface area contributed by atoms with Gasteiger partial charge in [-0.1, -0.05) is 6.07 Å². The van der Waals surface area contributed by atoms with E-state index in [0.29, 0.717) is 11.6 Å². The Bertz CT molecular complexity index is 558. The second kappa shape index (κ2) is 4.53. The first kappa shape index (κ1) is 11.4. The third kappa shape index (κ3) is 2.43. The third-order valence-electron chi connectivity index (χ3n) is 3.21. The first-order valence-corrected chi connectivity index (χ1v) is 6.27. The fourth-order valence-electron chi connectivity index (χ4n) is 1.86. The molecule has 0 aliphatic heterocycles. The number of rotatable bonds is 4.